The lowest BCUT2D eigenvalue weighted by molar-refractivity contribution is 0.462. The number of unbranched alkanes of at least 4 members (excludes halogenated alkanes) is 2. The summed E-state index contributed by atoms with van der Waals surface area (Å²) in [5.41, 5.74) is 4.26. The van der Waals surface area contributed by atoms with Crippen LogP contribution >= 0.6 is 0 Å². The molecular weight excluding hydrogens is 322 g/mol. The number of ether oxygens (including phenoxy) is 1. The first-order chi connectivity index (χ1) is 12.7. The predicted octanol–water partition coefficient (Wildman–Crippen LogP) is 5.54. The predicted molar refractivity (Wildman–Crippen MR) is 105 cm³/mol. The van der Waals surface area contributed by atoms with Gasteiger partial charge in [0.15, 0.2) is 0 Å². The second-order valence-corrected chi connectivity index (χ2v) is 6.39. The SMILES string of the molecule is CCCC/C=C(/c1cnn(C)c1)c1nc(Oc2ccccc2)ccc1C. The summed E-state index contributed by atoms with van der Waals surface area (Å²) in [7, 11) is 1.93. The second kappa shape index (κ2) is 8.48. The number of pyridine rings is 1. The van der Waals surface area contributed by atoms with Crippen LogP contribution in [-0.2, 0) is 7.05 Å². The Morgan fingerprint density at radius 1 is 1.15 bits per heavy atom. The van der Waals surface area contributed by atoms with Gasteiger partial charge in [-0.1, -0.05) is 50.1 Å². The maximum atomic E-state index is 5.93. The number of para-hydroxylation sites is 1. The van der Waals surface area contributed by atoms with E-state index in [-0.39, 0.29) is 0 Å². The van der Waals surface area contributed by atoms with Crippen LogP contribution in [-0.4, -0.2) is 14.8 Å². The van der Waals surface area contributed by atoms with Gasteiger partial charge in [-0.2, -0.15) is 5.10 Å². The molecule has 0 aliphatic heterocycles. The molecule has 0 atom stereocenters. The van der Waals surface area contributed by atoms with Crippen LogP contribution < -0.4 is 4.74 Å². The molecular formula is C22H25N3O. The van der Waals surface area contributed by atoms with Gasteiger partial charge in [0.05, 0.1) is 11.9 Å². The summed E-state index contributed by atoms with van der Waals surface area (Å²) in [6, 6.07) is 13.7. The van der Waals surface area contributed by atoms with E-state index in [2.05, 4.69) is 31.1 Å². The molecule has 0 radical (unpaired) electrons. The minimum atomic E-state index is 0.599. The molecule has 0 aliphatic carbocycles. The first kappa shape index (κ1) is 17.9. The number of aromatic nitrogens is 3. The number of nitrogens with zero attached hydrogens (tertiary/aromatic N) is 3. The van der Waals surface area contributed by atoms with Crippen LogP contribution in [0.3, 0.4) is 0 Å². The van der Waals surface area contributed by atoms with Crippen LogP contribution in [0.1, 0.15) is 43.0 Å². The third-order valence-corrected chi connectivity index (χ3v) is 4.21. The normalized spacial score (nSPS) is 11.6. The number of benzene rings is 1. The lowest BCUT2D eigenvalue weighted by atomic mass is 10.00. The zero-order valence-corrected chi connectivity index (χ0v) is 15.6. The summed E-state index contributed by atoms with van der Waals surface area (Å²) in [5, 5.41) is 4.33. The van der Waals surface area contributed by atoms with Gasteiger partial charge in [-0.3, -0.25) is 4.68 Å². The molecule has 0 spiro atoms. The third kappa shape index (κ3) is 4.39. The molecule has 0 aliphatic rings. The van der Waals surface area contributed by atoms with Crippen LogP contribution in [0.15, 0.2) is 60.9 Å². The van der Waals surface area contributed by atoms with Crippen molar-refractivity contribution in [2.24, 2.45) is 7.05 Å². The smallest absolute Gasteiger partial charge is 0.219 e. The Morgan fingerprint density at radius 3 is 2.65 bits per heavy atom. The van der Waals surface area contributed by atoms with E-state index in [0.717, 1.165) is 41.0 Å². The van der Waals surface area contributed by atoms with E-state index in [1.807, 2.05) is 60.5 Å². The molecule has 3 aromatic rings. The average Bonchev–Trinajstić information content (AvgIpc) is 3.08. The summed E-state index contributed by atoms with van der Waals surface area (Å²) in [6.07, 6.45) is 9.53. The molecule has 0 amide bonds. The molecule has 4 heteroatoms. The van der Waals surface area contributed by atoms with Gasteiger partial charge in [-0.25, -0.2) is 4.98 Å². The maximum Gasteiger partial charge on any atom is 0.219 e. The molecule has 2 heterocycles. The fourth-order valence-electron chi connectivity index (χ4n) is 2.81. The Labute approximate surface area is 155 Å². The average molecular weight is 347 g/mol. The van der Waals surface area contributed by atoms with E-state index < -0.39 is 0 Å². The fraction of sp³-hybridized carbons (Fsp3) is 0.273. The molecule has 0 saturated carbocycles. The van der Waals surface area contributed by atoms with Crippen molar-refractivity contribution < 1.29 is 4.74 Å². The van der Waals surface area contributed by atoms with Gasteiger partial charge < -0.3 is 4.74 Å². The number of hydrogen-bond donors (Lipinski definition) is 0. The van der Waals surface area contributed by atoms with Gasteiger partial charge in [0.25, 0.3) is 0 Å². The number of rotatable bonds is 7. The van der Waals surface area contributed by atoms with Crippen molar-refractivity contribution in [2.75, 3.05) is 0 Å². The molecule has 0 unspecified atom stereocenters. The van der Waals surface area contributed by atoms with Gasteiger partial charge in [0, 0.05) is 30.4 Å². The van der Waals surface area contributed by atoms with Crippen LogP contribution in [0.25, 0.3) is 5.57 Å². The van der Waals surface area contributed by atoms with Crippen LogP contribution in [0.5, 0.6) is 11.6 Å². The van der Waals surface area contributed by atoms with Gasteiger partial charge in [0.1, 0.15) is 5.75 Å². The number of hydrogen-bond acceptors (Lipinski definition) is 3. The van der Waals surface area contributed by atoms with Crippen LogP contribution in [0.4, 0.5) is 0 Å². The van der Waals surface area contributed by atoms with E-state index >= 15 is 0 Å². The Balaban J connectivity index is 1.97. The fourth-order valence-corrected chi connectivity index (χ4v) is 2.81. The molecule has 134 valence electrons. The van der Waals surface area contributed by atoms with Crippen molar-refractivity contribution in [2.45, 2.75) is 33.1 Å². The van der Waals surface area contributed by atoms with Crippen molar-refractivity contribution >= 4 is 5.57 Å². The van der Waals surface area contributed by atoms with Crippen molar-refractivity contribution in [1.82, 2.24) is 14.8 Å². The topological polar surface area (TPSA) is 39.9 Å². The summed E-state index contributed by atoms with van der Waals surface area (Å²) < 4.78 is 7.75. The van der Waals surface area contributed by atoms with E-state index in [9.17, 15) is 0 Å². The quantitative estimate of drug-likeness (QED) is 0.527. The van der Waals surface area contributed by atoms with E-state index in [4.69, 9.17) is 9.72 Å². The minimum absolute atomic E-state index is 0.599. The van der Waals surface area contributed by atoms with Crippen LogP contribution in [0, 0.1) is 6.92 Å². The van der Waals surface area contributed by atoms with Crippen molar-refractivity contribution in [3.8, 4) is 11.6 Å². The van der Waals surface area contributed by atoms with E-state index in [0.29, 0.717) is 5.88 Å². The molecule has 0 N–H and O–H groups in total. The van der Waals surface area contributed by atoms with Crippen molar-refractivity contribution in [3.05, 3.63) is 77.8 Å². The third-order valence-electron chi connectivity index (χ3n) is 4.21. The Morgan fingerprint density at radius 2 is 1.96 bits per heavy atom. The van der Waals surface area contributed by atoms with Crippen molar-refractivity contribution in [3.63, 3.8) is 0 Å². The number of allylic oxidation sites excluding steroid dienone is 1. The van der Waals surface area contributed by atoms with Gasteiger partial charge in [0.2, 0.25) is 5.88 Å². The first-order valence-electron chi connectivity index (χ1n) is 9.07. The number of aryl methyl sites for hydroxylation is 2. The molecule has 2 aromatic heterocycles. The summed E-state index contributed by atoms with van der Waals surface area (Å²) >= 11 is 0. The summed E-state index contributed by atoms with van der Waals surface area (Å²) in [4.78, 5) is 4.80. The Hall–Kier alpha value is -2.88. The first-order valence-corrected chi connectivity index (χ1v) is 9.07. The van der Waals surface area contributed by atoms with E-state index in [1.165, 1.54) is 6.42 Å². The standard InChI is InChI=1S/C22H25N3O/c1-4-5-7-12-20(18-15-23-25(3)16-18)22-17(2)13-14-21(24-22)26-19-10-8-6-9-11-19/h6,8-16H,4-5,7H2,1-3H3/b20-12-. The summed E-state index contributed by atoms with van der Waals surface area (Å²) in [5.74, 6) is 1.38. The molecule has 0 saturated heterocycles. The highest BCUT2D eigenvalue weighted by atomic mass is 16.5. The monoisotopic (exact) mass is 347 g/mol. The largest absolute Gasteiger partial charge is 0.439 e. The molecule has 0 bridgehead atoms. The van der Waals surface area contributed by atoms with Gasteiger partial charge in [-0.15, -0.1) is 0 Å². The molecule has 26 heavy (non-hydrogen) atoms. The minimum Gasteiger partial charge on any atom is -0.439 e. The zero-order chi connectivity index (χ0) is 18.4. The van der Waals surface area contributed by atoms with Gasteiger partial charge in [-0.05, 0) is 31.0 Å². The maximum absolute atomic E-state index is 5.93. The van der Waals surface area contributed by atoms with Crippen LogP contribution in [0.2, 0.25) is 0 Å². The summed E-state index contributed by atoms with van der Waals surface area (Å²) in [6.45, 7) is 4.29. The molecule has 1 aromatic carbocycles. The second-order valence-electron chi connectivity index (χ2n) is 6.39. The van der Waals surface area contributed by atoms with E-state index in [1.54, 1.807) is 0 Å². The lowest BCUT2D eigenvalue weighted by Crippen LogP contribution is -1.98. The molecule has 0 fully saturated rings. The van der Waals surface area contributed by atoms with Crippen molar-refractivity contribution in [1.29, 1.82) is 0 Å². The highest BCUT2D eigenvalue weighted by Gasteiger charge is 2.13. The highest BCUT2D eigenvalue weighted by molar-refractivity contribution is 5.79. The highest BCUT2D eigenvalue weighted by Crippen LogP contribution is 2.28. The Bertz CT molecular complexity index is 881. The molecule has 3 rings (SSSR count). The lowest BCUT2D eigenvalue weighted by Gasteiger charge is -2.12. The zero-order valence-electron chi connectivity index (χ0n) is 15.6. The Kier molecular flexibility index (Phi) is 5.84. The van der Waals surface area contributed by atoms with Gasteiger partial charge >= 0.3 is 0 Å². The molecule has 4 nitrogen and oxygen atoms in total.